The maximum absolute atomic E-state index is 2.24. The third kappa shape index (κ3) is 1.04. The van der Waals surface area contributed by atoms with Gasteiger partial charge in [-0.1, -0.05) is 24.3 Å². The fourth-order valence-electron chi connectivity index (χ4n) is 1.65. The van der Waals surface area contributed by atoms with Crippen LogP contribution in [0.1, 0.15) is 0 Å². The summed E-state index contributed by atoms with van der Waals surface area (Å²) in [6, 6.07) is 0.556. The molecule has 0 radical (unpaired) electrons. The Morgan fingerprint density at radius 3 is 1.73 bits per heavy atom. The van der Waals surface area contributed by atoms with Crippen molar-refractivity contribution in [2.45, 2.75) is 6.04 Å². The lowest BCUT2D eigenvalue weighted by molar-refractivity contribution is 0.381. The molecule has 0 aliphatic heterocycles. The Morgan fingerprint density at radius 2 is 1.55 bits per heavy atom. The van der Waals surface area contributed by atoms with E-state index in [1.165, 1.54) is 11.1 Å². The summed E-state index contributed by atoms with van der Waals surface area (Å²) < 4.78 is 0. The Hall–Kier alpha value is -0.860. The van der Waals surface area contributed by atoms with Gasteiger partial charge in [0.25, 0.3) is 0 Å². The van der Waals surface area contributed by atoms with Crippen LogP contribution in [0.5, 0.6) is 0 Å². The summed E-state index contributed by atoms with van der Waals surface area (Å²) in [6.45, 7) is 0. The molecule has 0 aromatic rings. The highest BCUT2D eigenvalue weighted by Crippen LogP contribution is 2.31. The van der Waals surface area contributed by atoms with Crippen molar-refractivity contribution in [3.63, 3.8) is 0 Å². The molecule has 0 fully saturated rings. The molecule has 11 heavy (non-hydrogen) atoms. The molecule has 2 nitrogen and oxygen atoms in total. The molecule has 0 amide bonds. The molecule has 0 spiro atoms. The second-order valence-electron chi connectivity index (χ2n) is 3.03. The van der Waals surface area contributed by atoms with E-state index in [0.29, 0.717) is 6.04 Å². The molecule has 0 saturated carbocycles. The van der Waals surface area contributed by atoms with Crippen LogP contribution in [0.4, 0.5) is 0 Å². The molecule has 2 rings (SSSR count). The van der Waals surface area contributed by atoms with Crippen LogP contribution in [0.2, 0.25) is 0 Å². The van der Waals surface area contributed by atoms with Gasteiger partial charge in [0, 0.05) is 0 Å². The van der Waals surface area contributed by atoms with E-state index in [0.717, 1.165) is 0 Å². The van der Waals surface area contributed by atoms with Crippen LogP contribution in [-0.4, -0.2) is 25.0 Å². The second kappa shape index (κ2) is 2.64. The van der Waals surface area contributed by atoms with Crippen LogP contribution in [0.3, 0.4) is 0 Å². The number of fused-ring (bicyclic) bond motifs is 2. The smallest absolute Gasteiger partial charge is 0.0596 e. The summed E-state index contributed by atoms with van der Waals surface area (Å²) >= 11 is 0. The number of nitrogens with zero attached hydrogens (tertiary/aromatic N) is 1. The van der Waals surface area contributed by atoms with Gasteiger partial charge in [0.1, 0.15) is 0 Å². The zero-order chi connectivity index (χ0) is 7.14. The van der Waals surface area contributed by atoms with E-state index in [-0.39, 0.29) is 6.15 Å². The molecule has 0 heterocycles. The van der Waals surface area contributed by atoms with Gasteiger partial charge < -0.3 is 6.15 Å². The van der Waals surface area contributed by atoms with Crippen molar-refractivity contribution in [2.75, 3.05) is 14.1 Å². The van der Waals surface area contributed by atoms with Gasteiger partial charge >= 0.3 is 0 Å². The van der Waals surface area contributed by atoms with Crippen LogP contribution >= 0.6 is 0 Å². The molecule has 0 aromatic carbocycles. The van der Waals surface area contributed by atoms with E-state index in [1.54, 1.807) is 0 Å². The maximum atomic E-state index is 2.24. The molecule has 0 saturated heterocycles. The van der Waals surface area contributed by atoms with Gasteiger partial charge in [-0.15, -0.1) is 0 Å². The van der Waals surface area contributed by atoms with E-state index in [1.807, 2.05) is 0 Å². The number of likely N-dealkylation sites (N-methyl/N-ethyl adjacent to an activating group) is 1. The number of hydrogen-bond acceptors (Lipinski definition) is 2. The van der Waals surface area contributed by atoms with Gasteiger partial charge in [-0.2, -0.15) is 0 Å². The van der Waals surface area contributed by atoms with E-state index in [2.05, 4.69) is 43.3 Å². The highest BCUT2D eigenvalue weighted by atomic mass is 15.1. The normalized spacial score (nSPS) is 20.3. The lowest BCUT2D eigenvalue weighted by Gasteiger charge is -2.19. The topological polar surface area (TPSA) is 38.2 Å². The fourth-order valence-corrected chi connectivity index (χ4v) is 1.65. The zero-order valence-electron chi connectivity index (χ0n) is 7.04. The summed E-state index contributed by atoms with van der Waals surface area (Å²) in [5.74, 6) is 0. The highest BCUT2D eigenvalue weighted by molar-refractivity contribution is 5.56. The van der Waals surface area contributed by atoms with Crippen molar-refractivity contribution in [1.29, 1.82) is 0 Å². The van der Waals surface area contributed by atoms with Crippen LogP contribution in [0, 0.1) is 0 Å². The van der Waals surface area contributed by atoms with Gasteiger partial charge in [-0.3, -0.25) is 4.90 Å². The Balaban J connectivity index is 0.000000605. The molecular formula is C9H14N2. The molecule has 0 atom stereocenters. The molecule has 0 aromatic heterocycles. The number of rotatable bonds is 1. The van der Waals surface area contributed by atoms with E-state index in [4.69, 9.17) is 0 Å². The van der Waals surface area contributed by atoms with Crippen molar-refractivity contribution in [1.82, 2.24) is 11.1 Å². The summed E-state index contributed by atoms with van der Waals surface area (Å²) in [7, 11) is 4.23. The zero-order valence-corrected chi connectivity index (χ0v) is 7.04. The van der Waals surface area contributed by atoms with Gasteiger partial charge in [0.05, 0.1) is 6.04 Å². The summed E-state index contributed by atoms with van der Waals surface area (Å²) in [6.07, 6.45) is 8.78. The molecule has 0 unspecified atom stereocenters. The number of hydrogen-bond donors (Lipinski definition) is 1. The van der Waals surface area contributed by atoms with Crippen molar-refractivity contribution < 1.29 is 0 Å². The molecule has 2 aliphatic carbocycles. The molecule has 2 aliphatic rings. The minimum absolute atomic E-state index is 0. The van der Waals surface area contributed by atoms with Crippen molar-refractivity contribution in [3.8, 4) is 0 Å². The van der Waals surface area contributed by atoms with E-state index < -0.39 is 0 Å². The summed E-state index contributed by atoms with van der Waals surface area (Å²) in [4.78, 5) is 2.24. The first-order chi connectivity index (χ1) is 4.79. The molecule has 2 bridgehead atoms. The first-order valence-corrected chi connectivity index (χ1v) is 3.55. The first-order valence-electron chi connectivity index (χ1n) is 3.55. The second-order valence-corrected chi connectivity index (χ2v) is 3.03. The SMILES string of the molecule is CN(C)C1C2=CC=C1C=C2.N. The quantitative estimate of drug-likeness (QED) is 0.615. The van der Waals surface area contributed by atoms with Crippen molar-refractivity contribution in [3.05, 3.63) is 35.5 Å². The van der Waals surface area contributed by atoms with Crippen LogP contribution in [-0.2, 0) is 0 Å². The lowest BCUT2D eigenvalue weighted by Crippen LogP contribution is -2.26. The van der Waals surface area contributed by atoms with Crippen LogP contribution < -0.4 is 6.15 Å². The Morgan fingerprint density at radius 1 is 1.09 bits per heavy atom. The van der Waals surface area contributed by atoms with Crippen molar-refractivity contribution in [2.24, 2.45) is 0 Å². The minimum Gasteiger partial charge on any atom is -0.344 e. The van der Waals surface area contributed by atoms with Crippen LogP contribution in [0.25, 0.3) is 0 Å². The molecule has 60 valence electrons. The monoisotopic (exact) mass is 150 g/mol. The standard InChI is InChI=1S/C9H11N.H3N/c1-10(2)9-7-3-4-8(9)6-5-7;/h3-6,9H,1-2H3;1H3. The highest BCUT2D eigenvalue weighted by Gasteiger charge is 2.25. The maximum Gasteiger partial charge on any atom is 0.0596 e. The molecule has 2 heteroatoms. The average Bonchev–Trinajstić information content (AvgIpc) is 2.43. The first kappa shape index (κ1) is 8.24. The lowest BCUT2D eigenvalue weighted by atomic mass is 10.1. The van der Waals surface area contributed by atoms with Gasteiger partial charge in [0.2, 0.25) is 0 Å². The third-order valence-electron chi connectivity index (χ3n) is 2.08. The van der Waals surface area contributed by atoms with E-state index in [9.17, 15) is 0 Å². The summed E-state index contributed by atoms with van der Waals surface area (Å²) in [5.41, 5.74) is 2.86. The molecule has 3 N–H and O–H groups in total. The van der Waals surface area contributed by atoms with E-state index >= 15 is 0 Å². The third-order valence-corrected chi connectivity index (χ3v) is 2.08. The van der Waals surface area contributed by atoms with Crippen molar-refractivity contribution >= 4 is 0 Å². The predicted molar refractivity (Wildman–Crippen MR) is 47.8 cm³/mol. The predicted octanol–water partition coefficient (Wildman–Crippen LogP) is 1.51. The van der Waals surface area contributed by atoms with Crippen LogP contribution in [0.15, 0.2) is 35.5 Å². The fraction of sp³-hybridized carbons (Fsp3) is 0.333. The van der Waals surface area contributed by atoms with Gasteiger partial charge in [-0.05, 0) is 25.2 Å². The largest absolute Gasteiger partial charge is 0.344 e. The molecular weight excluding hydrogens is 136 g/mol. The Labute approximate surface area is 67.5 Å². The number of allylic oxidation sites excluding steroid dienone is 2. The minimum atomic E-state index is 0. The van der Waals surface area contributed by atoms with Gasteiger partial charge in [0.15, 0.2) is 0 Å². The summed E-state index contributed by atoms with van der Waals surface area (Å²) in [5, 5.41) is 0. The Kier molecular flexibility index (Phi) is 1.98. The average molecular weight is 150 g/mol. The Bertz CT molecular complexity index is 224. The van der Waals surface area contributed by atoms with Gasteiger partial charge in [-0.25, -0.2) is 0 Å².